The van der Waals surface area contributed by atoms with Crippen molar-refractivity contribution in [2.75, 3.05) is 0 Å². The number of nitrogens with zero attached hydrogens (tertiary/aromatic N) is 3. The molecule has 0 amide bonds. The van der Waals surface area contributed by atoms with Crippen LogP contribution in [0.3, 0.4) is 0 Å². The number of hydrogen-bond donors (Lipinski definition) is 0. The molecular formula is C16H14BrN3O2. The van der Waals surface area contributed by atoms with Crippen LogP contribution in [0.2, 0.25) is 0 Å². The summed E-state index contributed by atoms with van der Waals surface area (Å²) in [7, 11) is 1.87. The van der Waals surface area contributed by atoms with Gasteiger partial charge in [0.1, 0.15) is 0 Å². The van der Waals surface area contributed by atoms with Crippen molar-refractivity contribution in [3.8, 4) is 0 Å². The van der Waals surface area contributed by atoms with Gasteiger partial charge in [-0.1, -0.05) is 12.1 Å². The summed E-state index contributed by atoms with van der Waals surface area (Å²) in [5, 5.41) is 4.33. The number of aromatic nitrogens is 2. The van der Waals surface area contributed by atoms with Gasteiger partial charge in [-0.15, -0.1) is 0 Å². The molecule has 0 saturated heterocycles. The summed E-state index contributed by atoms with van der Waals surface area (Å²) in [6.45, 7) is 3.85. The molecule has 3 rings (SSSR count). The molecule has 0 bridgehead atoms. The molecule has 6 heteroatoms. The third-order valence-corrected chi connectivity index (χ3v) is 4.26. The second-order valence-corrected chi connectivity index (χ2v) is 5.88. The van der Waals surface area contributed by atoms with Gasteiger partial charge in [0.15, 0.2) is 5.70 Å². The van der Waals surface area contributed by atoms with Crippen LogP contribution in [0.1, 0.15) is 22.5 Å². The van der Waals surface area contributed by atoms with E-state index >= 15 is 0 Å². The Labute approximate surface area is 136 Å². The van der Waals surface area contributed by atoms with Crippen LogP contribution in [0.5, 0.6) is 0 Å². The predicted molar refractivity (Wildman–Crippen MR) is 87.4 cm³/mol. The van der Waals surface area contributed by atoms with Gasteiger partial charge in [-0.3, -0.25) is 4.68 Å². The van der Waals surface area contributed by atoms with Crippen LogP contribution in [-0.2, 0) is 16.6 Å². The number of carbonyl (C=O) groups excluding carboxylic acids is 1. The topological polar surface area (TPSA) is 56.5 Å². The van der Waals surface area contributed by atoms with E-state index < -0.39 is 5.97 Å². The lowest BCUT2D eigenvalue weighted by atomic mass is 10.1. The monoisotopic (exact) mass is 359 g/mol. The van der Waals surface area contributed by atoms with Crippen LogP contribution in [0.4, 0.5) is 0 Å². The van der Waals surface area contributed by atoms with Crippen molar-refractivity contribution in [1.29, 1.82) is 0 Å². The minimum atomic E-state index is -0.451. The lowest BCUT2D eigenvalue weighted by Gasteiger charge is -2.01. The molecule has 0 radical (unpaired) electrons. The highest BCUT2D eigenvalue weighted by molar-refractivity contribution is 9.10. The first kappa shape index (κ1) is 14.7. The van der Waals surface area contributed by atoms with Crippen LogP contribution in [0.15, 0.2) is 39.4 Å². The summed E-state index contributed by atoms with van der Waals surface area (Å²) in [5.74, 6) is -0.142. The minimum absolute atomic E-state index is 0.282. The zero-order chi connectivity index (χ0) is 15.9. The Morgan fingerprint density at radius 1 is 1.27 bits per heavy atom. The lowest BCUT2D eigenvalue weighted by molar-refractivity contribution is -0.129. The van der Waals surface area contributed by atoms with E-state index in [1.165, 1.54) is 0 Å². The fraction of sp³-hybridized carbons (Fsp3) is 0.188. The number of aliphatic imine (C=N–C) groups is 1. The summed E-state index contributed by atoms with van der Waals surface area (Å²) >= 11 is 3.43. The van der Waals surface area contributed by atoms with E-state index in [0.29, 0.717) is 5.90 Å². The Balaban J connectivity index is 2.04. The van der Waals surface area contributed by atoms with Gasteiger partial charge in [-0.2, -0.15) is 5.10 Å². The van der Waals surface area contributed by atoms with E-state index in [2.05, 4.69) is 26.0 Å². The first-order chi connectivity index (χ1) is 10.5. The van der Waals surface area contributed by atoms with Gasteiger partial charge in [0, 0.05) is 22.8 Å². The van der Waals surface area contributed by atoms with Crippen molar-refractivity contribution >= 4 is 33.9 Å². The van der Waals surface area contributed by atoms with E-state index in [-0.39, 0.29) is 5.70 Å². The number of halogens is 1. The van der Waals surface area contributed by atoms with Gasteiger partial charge >= 0.3 is 5.97 Å². The molecule has 0 saturated carbocycles. The number of hydrogen-bond acceptors (Lipinski definition) is 4. The Kier molecular flexibility index (Phi) is 3.70. The van der Waals surface area contributed by atoms with E-state index in [4.69, 9.17) is 4.74 Å². The summed E-state index contributed by atoms with van der Waals surface area (Å²) in [5.41, 5.74) is 3.75. The van der Waals surface area contributed by atoms with Crippen molar-refractivity contribution < 1.29 is 9.53 Å². The molecular weight excluding hydrogens is 346 g/mol. The summed E-state index contributed by atoms with van der Waals surface area (Å²) < 4.78 is 7.89. The maximum absolute atomic E-state index is 12.1. The fourth-order valence-electron chi connectivity index (χ4n) is 2.29. The Morgan fingerprint density at radius 3 is 2.64 bits per heavy atom. The van der Waals surface area contributed by atoms with Crippen LogP contribution in [-0.4, -0.2) is 21.6 Å². The highest BCUT2D eigenvalue weighted by atomic mass is 79.9. The highest BCUT2D eigenvalue weighted by Gasteiger charge is 2.26. The highest BCUT2D eigenvalue weighted by Crippen LogP contribution is 2.25. The first-order valence-electron chi connectivity index (χ1n) is 6.75. The molecule has 1 aliphatic rings. The zero-order valence-corrected chi connectivity index (χ0v) is 14.0. The summed E-state index contributed by atoms with van der Waals surface area (Å²) in [6, 6.07) is 7.49. The fourth-order valence-corrected chi connectivity index (χ4v) is 2.75. The van der Waals surface area contributed by atoms with Crippen molar-refractivity contribution in [2.45, 2.75) is 13.8 Å². The van der Waals surface area contributed by atoms with Crippen molar-refractivity contribution in [2.24, 2.45) is 12.0 Å². The van der Waals surface area contributed by atoms with Gasteiger partial charge in [0.25, 0.3) is 0 Å². The molecule has 5 nitrogen and oxygen atoms in total. The smallest absolute Gasteiger partial charge is 0.363 e. The Hall–Kier alpha value is -2.21. The predicted octanol–water partition coefficient (Wildman–Crippen LogP) is 3.14. The Bertz CT molecular complexity index is 834. The average molecular weight is 360 g/mol. The van der Waals surface area contributed by atoms with Crippen molar-refractivity contribution in [3.05, 3.63) is 56.9 Å². The molecule has 0 unspecified atom stereocenters. The molecule has 0 fully saturated rings. The third-order valence-electron chi connectivity index (χ3n) is 3.57. The van der Waals surface area contributed by atoms with E-state index in [9.17, 15) is 4.79 Å². The van der Waals surface area contributed by atoms with E-state index in [1.807, 2.05) is 45.2 Å². The maximum Gasteiger partial charge on any atom is 0.363 e. The largest absolute Gasteiger partial charge is 0.402 e. The SMILES string of the molecule is Cc1nn(C)c(C)c1/C=C1\N=C(c2ccccc2Br)OC1=O. The molecule has 22 heavy (non-hydrogen) atoms. The second kappa shape index (κ2) is 5.53. The van der Waals surface area contributed by atoms with Crippen LogP contribution < -0.4 is 0 Å². The van der Waals surface area contributed by atoms with Crippen LogP contribution in [0.25, 0.3) is 6.08 Å². The average Bonchev–Trinajstić information content (AvgIpc) is 2.95. The van der Waals surface area contributed by atoms with Gasteiger partial charge in [0.05, 0.1) is 11.3 Å². The normalized spacial score (nSPS) is 16.1. The molecule has 0 N–H and O–H groups in total. The minimum Gasteiger partial charge on any atom is -0.402 e. The summed E-state index contributed by atoms with van der Waals surface area (Å²) in [4.78, 5) is 16.4. The molecule has 2 aromatic rings. The number of ether oxygens (including phenoxy) is 1. The number of carbonyl (C=O) groups is 1. The van der Waals surface area contributed by atoms with Gasteiger partial charge in [0.2, 0.25) is 5.90 Å². The molecule has 112 valence electrons. The molecule has 2 heterocycles. The molecule has 1 aromatic carbocycles. The molecule has 0 spiro atoms. The van der Waals surface area contributed by atoms with Gasteiger partial charge < -0.3 is 4.74 Å². The zero-order valence-electron chi connectivity index (χ0n) is 12.4. The van der Waals surface area contributed by atoms with E-state index in [0.717, 1.165) is 27.0 Å². The second-order valence-electron chi connectivity index (χ2n) is 5.02. The third kappa shape index (κ3) is 2.50. The van der Waals surface area contributed by atoms with Crippen molar-refractivity contribution in [1.82, 2.24) is 9.78 Å². The standard InChI is InChI=1S/C16H14BrN3O2/c1-9-12(10(2)20(3)19-9)8-14-16(21)22-15(18-14)11-6-4-5-7-13(11)17/h4-8H,1-3H3/b14-8-. The van der Waals surface area contributed by atoms with Gasteiger partial charge in [-0.25, -0.2) is 9.79 Å². The summed E-state index contributed by atoms with van der Waals surface area (Å²) in [6.07, 6.45) is 1.73. The Morgan fingerprint density at radius 2 is 2.00 bits per heavy atom. The number of rotatable bonds is 2. The molecule has 0 aliphatic carbocycles. The number of benzene rings is 1. The lowest BCUT2D eigenvalue weighted by Crippen LogP contribution is -2.05. The van der Waals surface area contributed by atoms with Gasteiger partial charge in [-0.05, 0) is 48.0 Å². The molecule has 0 atom stereocenters. The number of esters is 1. The maximum atomic E-state index is 12.1. The molecule has 1 aromatic heterocycles. The number of cyclic esters (lactones) is 1. The van der Waals surface area contributed by atoms with Crippen LogP contribution >= 0.6 is 15.9 Å². The quantitative estimate of drug-likeness (QED) is 0.611. The van der Waals surface area contributed by atoms with E-state index in [1.54, 1.807) is 10.8 Å². The van der Waals surface area contributed by atoms with Crippen molar-refractivity contribution in [3.63, 3.8) is 0 Å². The number of aryl methyl sites for hydroxylation is 2. The first-order valence-corrected chi connectivity index (χ1v) is 7.54. The van der Waals surface area contributed by atoms with Crippen LogP contribution in [0, 0.1) is 13.8 Å². The molecule has 1 aliphatic heterocycles.